The minimum Gasteiger partial charge on any atom is -0.321 e. The zero-order valence-electron chi connectivity index (χ0n) is 11.2. The summed E-state index contributed by atoms with van der Waals surface area (Å²) in [6.07, 6.45) is 0. The molecule has 4 nitrogen and oxygen atoms in total. The molecule has 0 aliphatic carbocycles. The van der Waals surface area contributed by atoms with Gasteiger partial charge in [0.15, 0.2) is 0 Å². The first kappa shape index (κ1) is 13.6. The Hall–Kier alpha value is -1.85. The van der Waals surface area contributed by atoms with Crippen LogP contribution in [0.25, 0.3) is 0 Å². The van der Waals surface area contributed by atoms with Gasteiger partial charge in [0.25, 0.3) is 5.91 Å². The number of hydrazine groups is 1. The molecule has 100 valence electrons. The Kier molecular flexibility index (Phi) is 3.87. The molecular formula is C14H17N3OS. The van der Waals surface area contributed by atoms with E-state index >= 15 is 0 Å². The van der Waals surface area contributed by atoms with Crippen LogP contribution in [0.2, 0.25) is 0 Å². The van der Waals surface area contributed by atoms with Gasteiger partial charge in [-0.05, 0) is 44.0 Å². The van der Waals surface area contributed by atoms with Gasteiger partial charge in [0.1, 0.15) is 5.00 Å². The van der Waals surface area contributed by atoms with Crippen LogP contribution in [0.4, 0.5) is 10.7 Å². The summed E-state index contributed by atoms with van der Waals surface area (Å²) in [6, 6.07) is 7.82. The van der Waals surface area contributed by atoms with Gasteiger partial charge in [0.2, 0.25) is 0 Å². The minimum atomic E-state index is -0.101. The second kappa shape index (κ2) is 5.42. The highest BCUT2D eigenvalue weighted by atomic mass is 32.1. The molecule has 2 rings (SSSR count). The van der Waals surface area contributed by atoms with Crippen molar-refractivity contribution in [1.82, 2.24) is 0 Å². The number of carbonyl (C=O) groups is 1. The number of aryl methyl sites for hydroxylation is 3. The topological polar surface area (TPSA) is 67.2 Å². The summed E-state index contributed by atoms with van der Waals surface area (Å²) in [5.74, 6) is 5.25. The Labute approximate surface area is 116 Å². The fourth-order valence-corrected chi connectivity index (χ4v) is 2.79. The van der Waals surface area contributed by atoms with Gasteiger partial charge < -0.3 is 10.7 Å². The standard InChI is InChI=1S/C14H17N3OS/c1-8-4-5-11(9(2)6-8)16-14(18)13-10(3)7-12(17-15)19-13/h4-7,17H,15H2,1-3H3,(H,16,18). The quantitative estimate of drug-likeness (QED) is 0.595. The smallest absolute Gasteiger partial charge is 0.266 e. The van der Waals surface area contributed by atoms with Crippen molar-refractivity contribution in [1.29, 1.82) is 0 Å². The summed E-state index contributed by atoms with van der Waals surface area (Å²) < 4.78 is 0. The molecule has 0 radical (unpaired) electrons. The van der Waals surface area contributed by atoms with E-state index in [0.717, 1.165) is 21.8 Å². The van der Waals surface area contributed by atoms with Crippen LogP contribution in [0.5, 0.6) is 0 Å². The van der Waals surface area contributed by atoms with E-state index in [1.807, 2.05) is 45.0 Å². The molecule has 1 heterocycles. The van der Waals surface area contributed by atoms with Gasteiger partial charge in [-0.25, -0.2) is 5.84 Å². The number of thiophene rings is 1. The second-order valence-electron chi connectivity index (χ2n) is 4.54. The van der Waals surface area contributed by atoms with Gasteiger partial charge in [-0.15, -0.1) is 11.3 Å². The number of nitrogens with one attached hydrogen (secondary N) is 2. The van der Waals surface area contributed by atoms with Crippen molar-refractivity contribution in [3.63, 3.8) is 0 Å². The predicted octanol–water partition coefficient (Wildman–Crippen LogP) is 3.21. The third-order valence-corrected chi connectivity index (χ3v) is 4.06. The van der Waals surface area contributed by atoms with Crippen LogP contribution in [-0.2, 0) is 0 Å². The van der Waals surface area contributed by atoms with Gasteiger partial charge in [-0.1, -0.05) is 17.7 Å². The lowest BCUT2D eigenvalue weighted by molar-refractivity contribution is 0.103. The Morgan fingerprint density at radius 2 is 1.89 bits per heavy atom. The first-order valence-electron chi connectivity index (χ1n) is 5.97. The van der Waals surface area contributed by atoms with Crippen molar-refractivity contribution in [2.75, 3.05) is 10.7 Å². The van der Waals surface area contributed by atoms with Crippen molar-refractivity contribution in [2.45, 2.75) is 20.8 Å². The van der Waals surface area contributed by atoms with Crippen LogP contribution >= 0.6 is 11.3 Å². The Morgan fingerprint density at radius 3 is 2.47 bits per heavy atom. The normalized spacial score (nSPS) is 10.3. The highest BCUT2D eigenvalue weighted by Crippen LogP contribution is 2.27. The molecule has 0 saturated heterocycles. The van der Waals surface area contributed by atoms with Gasteiger partial charge in [0.05, 0.1) is 4.88 Å². The van der Waals surface area contributed by atoms with Crippen molar-refractivity contribution in [2.24, 2.45) is 5.84 Å². The van der Waals surface area contributed by atoms with Crippen LogP contribution in [0, 0.1) is 20.8 Å². The number of hydrogen-bond donors (Lipinski definition) is 3. The van der Waals surface area contributed by atoms with E-state index in [1.165, 1.54) is 16.9 Å². The molecular weight excluding hydrogens is 258 g/mol. The highest BCUT2D eigenvalue weighted by molar-refractivity contribution is 7.18. The van der Waals surface area contributed by atoms with Crippen molar-refractivity contribution < 1.29 is 4.79 Å². The fraction of sp³-hybridized carbons (Fsp3) is 0.214. The summed E-state index contributed by atoms with van der Waals surface area (Å²) in [6.45, 7) is 5.91. The summed E-state index contributed by atoms with van der Waals surface area (Å²) >= 11 is 1.35. The summed E-state index contributed by atoms with van der Waals surface area (Å²) in [7, 11) is 0. The first-order chi connectivity index (χ1) is 9.01. The van der Waals surface area contributed by atoms with E-state index in [0.29, 0.717) is 4.88 Å². The minimum absolute atomic E-state index is 0.101. The lowest BCUT2D eigenvalue weighted by atomic mass is 10.1. The fourth-order valence-electron chi connectivity index (χ4n) is 1.91. The van der Waals surface area contributed by atoms with Gasteiger partial charge >= 0.3 is 0 Å². The number of rotatable bonds is 3. The van der Waals surface area contributed by atoms with Crippen LogP contribution in [0.1, 0.15) is 26.4 Å². The number of amides is 1. The van der Waals surface area contributed by atoms with E-state index in [1.54, 1.807) is 0 Å². The third-order valence-electron chi connectivity index (χ3n) is 2.90. The number of nitrogens with two attached hydrogens (primary N) is 1. The molecule has 0 aliphatic heterocycles. The molecule has 4 N–H and O–H groups in total. The molecule has 0 saturated carbocycles. The Morgan fingerprint density at radius 1 is 1.16 bits per heavy atom. The second-order valence-corrected chi connectivity index (χ2v) is 5.59. The Bertz CT molecular complexity index is 619. The lowest BCUT2D eigenvalue weighted by Gasteiger charge is -2.08. The van der Waals surface area contributed by atoms with E-state index in [2.05, 4.69) is 10.7 Å². The molecule has 0 fully saturated rings. The van der Waals surface area contributed by atoms with Crippen LogP contribution in [-0.4, -0.2) is 5.91 Å². The number of anilines is 2. The summed E-state index contributed by atoms with van der Waals surface area (Å²) in [4.78, 5) is 12.9. The molecule has 0 bridgehead atoms. The molecule has 0 atom stereocenters. The number of carbonyl (C=O) groups excluding carboxylic acids is 1. The number of nitrogen functional groups attached to an aromatic ring is 1. The van der Waals surface area contributed by atoms with E-state index in [9.17, 15) is 4.79 Å². The first-order valence-corrected chi connectivity index (χ1v) is 6.78. The number of benzene rings is 1. The molecule has 1 aromatic heterocycles. The molecule has 5 heteroatoms. The average molecular weight is 275 g/mol. The molecule has 0 spiro atoms. The van der Waals surface area contributed by atoms with Crippen LogP contribution < -0.4 is 16.6 Å². The lowest BCUT2D eigenvalue weighted by Crippen LogP contribution is -2.12. The number of hydrogen-bond acceptors (Lipinski definition) is 4. The third kappa shape index (κ3) is 2.94. The maximum absolute atomic E-state index is 12.2. The molecule has 1 amide bonds. The van der Waals surface area contributed by atoms with E-state index in [4.69, 9.17) is 5.84 Å². The van der Waals surface area contributed by atoms with Crippen molar-refractivity contribution >= 4 is 27.9 Å². The largest absolute Gasteiger partial charge is 0.321 e. The monoisotopic (exact) mass is 275 g/mol. The SMILES string of the molecule is Cc1ccc(NC(=O)c2sc(NN)cc2C)c(C)c1. The van der Waals surface area contributed by atoms with Crippen LogP contribution in [0.3, 0.4) is 0 Å². The molecule has 0 aliphatic rings. The van der Waals surface area contributed by atoms with E-state index < -0.39 is 0 Å². The average Bonchev–Trinajstić information content (AvgIpc) is 2.74. The maximum Gasteiger partial charge on any atom is 0.266 e. The summed E-state index contributed by atoms with van der Waals surface area (Å²) in [5, 5.41) is 3.72. The van der Waals surface area contributed by atoms with Crippen LogP contribution in [0.15, 0.2) is 24.3 Å². The van der Waals surface area contributed by atoms with Gasteiger partial charge in [0, 0.05) is 5.69 Å². The van der Waals surface area contributed by atoms with E-state index in [-0.39, 0.29) is 5.91 Å². The van der Waals surface area contributed by atoms with Gasteiger partial charge in [-0.2, -0.15) is 0 Å². The van der Waals surface area contributed by atoms with Gasteiger partial charge in [-0.3, -0.25) is 4.79 Å². The predicted molar refractivity (Wildman–Crippen MR) is 80.7 cm³/mol. The zero-order valence-corrected chi connectivity index (χ0v) is 12.0. The highest BCUT2D eigenvalue weighted by Gasteiger charge is 2.14. The van der Waals surface area contributed by atoms with Crippen molar-refractivity contribution in [3.05, 3.63) is 45.8 Å². The Balaban J connectivity index is 2.23. The molecule has 1 aromatic carbocycles. The summed E-state index contributed by atoms with van der Waals surface area (Å²) in [5.41, 5.74) is 6.55. The van der Waals surface area contributed by atoms with Crippen molar-refractivity contribution in [3.8, 4) is 0 Å². The zero-order chi connectivity index (χ0) is 14.0. The molecule has 2 aromatic rings. The molecule has 0 unspecified atom stereocenters. The maximum atomic E-state index is 12.2. The molecule has 19 heavy (non-hydrogen) atoms.